The Morgan fingerprint density at radius 3 is 2.28 bits per heavy atom. The highest BCUT2D eigenvalue weighted by molar-refractivity contribution is 7.89. The molecule has 1 aliphatic heterocycles. The molecule has 0 spiro atoms. The van der Waals surface area contributed by atoms with Crippen molar-refractivity contribution in [2.45, 2.75) is 18.2 Å². The van der Waals surface area contributed by atoms with Crippen LogP contribution in [0.1, 0.15) is 23.1 Å². The zero-order valence-electron chi connectivity index (χ0n) is 13.5. The lowest BCUT2D eigenvalue weighted by atomic mass is 9.91. The van der Waals surface area contributed by atoms with Crippen molar-refractivity contribution in [3.8, 4) is 0 Å². The first-order chi connectivity index (χ1) is 11.8. The molecule has 7 heteroatoms. The molecule has 0 aliphatic carbocycles. The zero-order valence-corrected chi connectivity index (χ0v) is 14.3. The molecule has 0 atom stereocenters. The minimum absolute atomic E-state index is 0.0373. The van der Waals surface area contributed by atoms with Gasteiger partial charge in [-0.3, -0.25) is 0 Å². The molecule has 3 rings (SSSR count). The summed E-state index contributed by atoms with van der Waals surface area (Å²) in [6.07, 6.45) is 0.403. The number of benzene rings is 2. The van der Waals surface area contributed by atoms with Gasteiger partial charge in [0, 0.05) is 12.0 Å². The third kappa shape index (κ3) is 3.47. The quantitative estimate of drug-likeness (QED) is 0.672. The van der Waals surface area contributed by atoms with Crippen molar-refractivity contribution in [2.24, 2.45) is 5.14 Å². The van der Waals surface area contributed by atoms with E-state index in [1.54, 1.807) is 31.2 Å². The SMILES string of the molecule is Cc1ccc(/C(=C2/CCOC2=O)c2ccc(S(N)(=O)=O)cc2)cc1F. The molecule has 0 bridgehead atoms. The van der Waals surface area contributed by atoms with Crippen LogP contribution in [0.25, 0.3) is 5.57 Å². The highest BCUT2D eigenvalue weighted by atomic mass is 32.2. The Hall–Kier alpha value is -2.51. The molecule has 25 heavy (non-hydrogen) atoms. The van der Waals surface area contributed by atoms with Crippen LogP contribution in [-0.2, 0) is 19.6 Å². The van der Waals surface area contributed by atoms with Crippen LogP contribution in [0.4, 0.5) is 4.39 Å². The third-order valence-corrected chi connectivity index (χ3v) is 4.99. The molecule has 2 aromatic rings. The van der Waals surface area contributed by atoms with Crippen LogP contribution in [0.2, 0.25) is 0 Å². The molecule has 1 fully saturated rings. The summed E-state index contributed by atoms with van der Waals surface area (Å²) in [7, 11) is -3.82. The largest absolute Gasteiger partial charge is 0.462 e. The molecule has 1 aliphatic rings. The molecular weight excluding hydrogens is 345 g/mol. The Labute approximate surface area is 145 Å². The van der Waals surface area contributed by atoms with Gasteiger partial charge < -0.3 is 4.74 Å². The number of rotatable bonds is 3. The van der Waals surface area contributed by atoms with Crippen LogP contribution >= 0.6 is 0 Å². The number of halogens is 1. The van der Waals surface area contributed by atoms with Crippen LogP contribution in [0, 0.1) is 12.7 Å². The van der Waals surface area contributed by atoms with Crippen LogP contribution in [0.5, 0.6) is 0 Å². The summed E-state index contributed by atoms with van der Waals surface area (Å²) in [4.78, 5) is 12.0. The van der Waals surface area contributed by atoms with Gasteiger partial charge in [0.05, 0.1) is 11.5 Å². The van der Waals surface area contributed by atoms with Crippen molar-refractivity contribution < 1.29 is 22.3 Å². The normalized spacial score (nSPS) is 16.7. The molecule has 1 heterocycles. The summed E-state index contributed by atoms with van der Waals surface area (Å²) in [6, 6.07) is 10.5. The van der Waals surface area contributed by atoms with E-state index in [0.29, 0.717) is 34.3 Å². The minimum Gasteiger partial charge on any atom is -0.462 e. The van der Waals surface area contributed by atoms with Gasteiger partial charge in [-0.25, -0.2) is 22.7 Å². The summed E-state index contributed by atoms with van der Waals surface area (Å²) >= 11 is 0. The predicted octanol–water partition coefficient (Wildman–Crippen LogP) is 2.53. The van der Waals surface area contributed by atoms with Gasteiger partial charge in [0.1, 0.15) is 5.82 Å². The molecule has 0 aromatic heterocycles. The van der Waals surface area contributed by atoms with Crippen LogP contribution in [-0.4, -0.2) is 21.0 Å². The van der Waals surface area contributed by atoms with Crippen molar-refractivity contribution >= 4 is 21.6 Å². The maximum Gasteiger partial charge on any atom is 0.334 e. The molecular formula is C18H16FNO4S. The fraction of sp³-hybridized carbons (Fsp3) is 0.167. The average molecular weight is 361 g/mol. The van der Waals surface area contributed by atoms with E-state index in [1.807, 2.05) is 0 Å². The number of esters is 1. The molecule has 0 saturated carbocycles. The van der Waals surface area contributed by atoms with Gasteiger partial charge in [0.2, 0.25) is 10.0 Å². The first kappa shape index (κ1) is 17.3. The fourth-order valence-electron chi connectivity index (χ4n) is 2.74. The number of nitrogens with two attached hydrogens (primary N) is 1. The van der Waals surface area contributed by atoms with Crippen molar-refractivity contribution in [1.29, 1.82) is 0 Å². The maximum absolute atomic E-state index is 14.0. The fourth-order valence-corrected chi connectivity index (χ4v) is 3.25. The number of ether oxygens (including phenoxy) is 1. The molecule has 130 valence electrons. The summed E-state index contributed by atoms with van der Waals surface area (Å²) in [6.45, 7) is 1.91. The predicted molar refractivity (Wildman–Crippen MR) is 90.6 cm³/mol. The molecule has 2 aromatic carbocycles. The average Bonchev–Trinajstić information content (AvgIpc) is 2.97. The monoisotopic (exact) mass is 361 g/mol. The Kier molecular flexibility index (Phi) is 4.45. The number of sulfonamides is 1. The van der Waals surface area contributed by atoms with E-state index >= 15 is 0 Å². The number of hydrogen-bond acceptors (Lipinski definition) is 4. The topological polar surface area (TPSA) is 86.5 Å². The minimum atomic E-state index is -3.82. The van der Waals surface area contributed by atoms with E-state index in [0.717, 1.165) is 0 Å². The molecule has 0 unspecified atom stereocenters. The van der Waals surface area contributed by atoms with Crippen LogP contribution in [0.3, 0.4) is 0 Å². The van der Waals surface area contributed by atoms with Crippen molar-refractivity contribution in [2.75, 3.05) is 6.61 Å². The van der Waals surface area contributed by atoms with Gasteiger partial charge in [-0.15, -0.1) is 0 Å². The molecule has 5 nitrogen and oxygen atoms in total. The molecule has 1 saturated heterocycles. The zero-order chi connectivity index (χ0) is 18.2. The lowest BCUT2D eigenvalue weighted by Gasteiger charge is -2.12. The van der Waals surface area contributed by atoms with Gasteiger partial charge in [0.25, 0.3) is 0 Å². The lowest BCUT2D eigenvalue weighted by Crippen LogP contribution is -2.12. The highest BCUT2D eigenvalue weighted by Crippen LogP contribution is 2.32. The lowest BCUT2D eigenvalue weighted by molar-refractivity contribution is -0.135. The standard InChI is InChI=1S/C18H16FNO4S/c1-11-2-3-13(10-16(11)19)17(15-8-9-24-18(15)21)12-4-6-14(7-5-12)25(20,22)23/h2-7,10H,8-9H2,1H3,(H2,20,22,23)/b17-15-. The van der Waals surface area contributed by atoms with Crippen molar-refractivity contribution in [3.63, 3.8) is 0 Å². The second-order valence-corrected chi connectivity index (χ2v) is 7.33. The van der Waals surface area contributed by atoms with Gasteiger partial charge >= 0.3 is 5.97 Å². The Morgan fingerprint density at radius 2 is 1.76 bits per heavy atom. The number of carbonyl (C=O) groups is 1. The number of hydrogen-bond donors (Lipinski definition) is 1. The van der Waals surface area contributed by atoms with Crippen molar-refractivity contribution in [3.05, 3.63) is 70.5 Å². The second kappa shape index (κ2) is 6.42. The summed E-state index contributed by atoms with van der Waals surface area (Å²) < 4.78 is 41.9. The molecule has 0 amide bonds. The van der Waals surface area contributed by atoms with Crippen molar-refractivity contribution in [1.82, 2.24) is 0 Å². The maximum atomic E-state index is 14.0. The number of cyclic esters (lactones) is 1. The first-order valence-electron chi connectivity index (χ1n) is 7.57. The van der Waals surface area contributed by atoms with Gasteiger partial charge in [-0.2, -0.15) is 0 Å². The summed E-state index contributed by atoms with van der Waals surface area (Å²) in [5.74, 6) is -0.838. The van der Waals surface area contributed by atoms with E-state index < -0.39 is 16.0 Å². The van der Waals surface area contributed by atoms with Gasteiger partial charge in [0.15, 0.2) is 0 Å². The number of primary sulfonamides is 1. The molecule has 2 N–H and O–H groups in total. The smallest absolute Gasteiger partial charge is 0.334 e. The number of carbonyl (C=O) groups excluding carboxylic acids is 1. The second-order valence-electron chi connectivity index (χ2n) is 5.77. The van der Waals surface area contributed by atoms with E-state index in [-0.39, 0.29) is 17.3 Å². The third-order valence-electron chi connectivity index (χ3n) is 4.07. The van der Waals surface area contributed by atoms with Crippen LogP contribution < -0.4 is 5.14 Å². The number of aryl methyl sites for hydroxylation is 1. The highest BCUT2D eigenvalue weighted by Gasteiger charge is 2.25. The summed E-state index contributed by atoms with van der Waals surface area (Å²) in [5.41, 5.74) is 2.57. The Morgan fingerprint density at radius 1 is 1.12 bits per heavy atom. The van der Waals surface area contributed by atoms with Gasteiger partial charge in [-0.05, 0) is 47.4 Å². The Balaban J connectivity index is 2.19. The van der Waals surface area contributed by atoms with E-state index in [1.165, 1.54) is 18.2 Å². The van der Waals surface area contributed by atoms with Crippen LogP contribution in [0.15, 0.2) is 52.9 Å². The van der Waals surface area contributed by atoms with E-state index in [4.69, 9.17) is 9.88 Å². The molecule has 0 radical (unpaired) electrons. The summed E-state index contributed by atoms with van der Waals surface area (Å²) in [5, 5.41) is 5.11. The van der Waals surface area contributed by atoms with Gasteiger partial charge in [-0.1, -0.05) is 24.3 Å². The van der Waals surface area contributed by atoms with E-state index in [2.05, 4.69) is 0 Å². The Bertz CT molecular complexity index is 979. The van der Waals surface area contributed by atoms with E-state index in [9.17, 15) is 17.6 Å². The first-order valence-corrected chi connectivity index (χ1v) is 9.12.